The molecule has 0 aliphatic carbocycles. The minimum absolute atomic E-state index is 0.0891. The molecule has 9 rings (SSSR count). The molecular weight excluding hydrogens is 1620 g/mol. The smallest absolute Gasteiger partial charge is 0.394 e. The molecule has 640 valence electrons. The first-order chi connectivity index (χ1) is 54.4. The van der Waals surface area contributed by atoms with Crippen molar-refractivity contribution in [2.75, 3.05) is 40.0 Å². The van der Waals surface area contributed by atoms with E-state index in [1.54, 1.807) is 0 Å². The van der Waals surface area contributed by atoms with Gasteiger partial charge >= 0.3 is 59.9 Å². The molecule has 48 nitrogen and oxygen atoms in total. The molecule has 8 unspecified atom stereocenters. The van der Waals surface area contributed by atoms with Gasteiger partial charge in [-0.3, -0.25) is 18.8 Å². The summed E-state index contributed by atoms with van der Waals surface area (Å²) in [6.07, 6.45) is -5.52. The Kier molecular flexibility index (Phi) is 39.0. The van der Waals surface area contributed by atoms with Gasteiger partial charge in [0.15, 0.2) is 17.3 Å². The number of nitrogens with zero attached hydrogens (tertiary/aromatic N) is 24. The number of imidazole rings is 7. The molecule has 116 heavy (non-hydrogen) atoms. The van der Waals surface area contributed by atoms with Gasteiger partial charge in [0.1, 0.15) is 201 Å². The van der Waals surface area contributed by atoms with Gasteiger partial charge in [0.2, 0.25) is 6.23 Å². The van der Waals surface area contributed by atoms with E-state index in [0.717, 1.165) is 52.2 Å². The Hall–Kier alpha value is -12.8. The fourth-order valence-corrected chi connectivity index (χ4v) is 8.78. The Bertz CT molecular complexity index is 4470. The van der Waals surface area contributed by atoms with Crippen molar-refractivity contribution in [3.63, 3.8) is 0 Å². The number of alkyl halides is 13. The lowest BCUT2D eigenvalue weighted by Crippen LogP contribution is -2.36. The van der Waals surface area contributed by atoms with Crippen molar-refractivity contribution in [3.05, 3.63) is 169 Å². The molecule has 0 aromatic carbocycles. The van der Waals surface area contributed by atoms with Crippen LogP contribution in [0, 0.1) is 70.8 Å². The van der Waals surface area contributed by atoms with Crippen LogP contribution in [0.25, 0.3) is 0 Å². The van der Waals surface area contributed by atoms with Gasteiger partial charge < -0.3 is 106 Å². The van der Waals surface area contributed by atoms with Crippen LogP contribution in [-0.4, -0.2) is 259 Å². The van der Waals surface area contributed by atoms with Crippen LogP contribution in [0.5, 0.6) is 0 Å². The molecule has 6 N–H and O–H groups in total. The highest BCUT2D eigenvalue weighted by Gasteiger charge is 2.57. The van der Waals surface area contributed by atoms with Crippen LogP contribution in [0.4, 0.5) is 98.7 Å². The number of aliphatic hydroxyl groups excluding tert-OH is 6. The van der Waals surface area contributed by atoms with E-state index < -0.39 is 222 Å². The fraction of sp³-hybridized carbons (Fsp3) is 0.527. The molecule has 1 aliphatic heterocycles. The quantitative estimate of drug-likeness (QED) is 0.0185. The van der Waals surface area contributed by atoms with Crippen molar-refractivity contribution >= 4 is 59.0 Å². The normalized spacial score (nSPS) is 15.4. The van der Waals surface area contributed by atoms with Crippen molar-refractivity contribution in [2.24, 2.45) is 0 Å². The van der Waals surface area contributed by atoms with Crippen molar-refractivity contribution in [1.82, 2.24) is 81.9 Å². The summed E-state index contributed by atoms with van der Waals surface area (Å²) in [5, 5.41) is 136. The minimum atomic E-state index is -5.73. The number of hydrogen-bond donors (Lipinski definition) is 6. The molecule has 0 amide bonds. The van der Waals surface area contributed by atoms with Gasteiger partial charge in [-0.25, -0.2) is 49.6 Å². The molecular formula is C55H65F13N24O24. The Morgan fingerprint density at radius 3 is 1.23 bits per heavy atom. The van der Waals surface area contributed by atoms with Gasteiger partial charge in [-0.2, -0.15) is 39.7 Å². The SMILES string of the molecule is O=C(CCC(F)(F)C(F)(F)[18F])Cn1ccnc1[N+](=O)[O-].O=C(CCC(F)(F)[18F])Cn1ccnc1[N+](=O)[O-].O=C(CCC[18F])Cn1ccnc1[N+](=O)[O-].O=[N+]([O-])c1nccn1C1OC(C[18F])C(O)C1O.O=[N+]([O-])c1nccn1CC(O)C(O)C[18F].O=[N+]([O-])c1nccn1CC(O)C[18F].O=[N+]([O-])c1nccn1Cc1cn(C(CO)C[18F])nn1. The number of aliphatic hydroxyl groups is 6. The first-order valence-corrected chi connectivity index (χ1v) is 31.9. The van der Waals surface area contributed by atoms with E-state index >= 15 is 0 Å². The first kappa shape index (κ1) is 97.4. The summed E-state index contributed by atoms with van der Waals surface area (Å²) in [7, 11) is 0. The lowest BCUT2D eigenvalue weighted by Gasteiger charge is -2.18. The number of aromatic nitrogens is 17. The van der Waals surface area contributed by atoms with Crippen LogP contribution in [-0.2, 0) is 58.4 Å². The standard InChI is InChI=1S/C9H8F5N3O3.C9H11FN6O3.C8H8F3N3O3.C8H10FN3O5.C8H10FN3O3.C7H10FN3O4.C6H8FN3O3/c10-8(11,9(12,13)14)2-1-6(18)5-16-4-3-15-7(16)17(19)20;10-3-8(6-17)15-5-7(12-13-15)4-14-2-1-11-9(14)16(18)19;9-8(10,11)2-1-6(15)5-13-4-3-12-7(13)14(16)17;9-3-4-5(13)6(14)7(17-4)11-2-1-10-8(11)12(15)16;9-3-1-2-7(13)6-11-5-4-10-8(11)12(14)15;8-3-5(12)6(13)4-10-2-1-9-7(10)11(14)15;7-3-5(11)4-9-2-1-8-6(9)10(12)13/h3-4H,1-2,5H2;1-2,5,8,17H,3-4,6H2;3-4H,1-2,5H2;1-2,4-7,13-14H,3H2;4-5H,1-3,6H2;1-2,5-6,12-13H,3-4H2;1-2,5,11H,3-4H2/i12-1;10-1;3*9-1;8-1;7-1. The molecule has 9 heterocycles. The molecule has 0 radical (unpaired) electrons. The van der Waals surface area contributed by atoms with Gasteiger partial charge in [-0.15, -0.1) is 5.10 Å². The molecule has 8 aromatic heterocycles. The van der Waals surface area contributed by atoms with Crippen LogP contribution in [0.15, 0.2) is 93.0 Å². The second kappa shape index (κ2) is 46.4. The number of carbonyl (C=O) groups is 3. The summed E-state index contributed by atoms with van der Waals surface area (Å²) < 4.78 is 170. The number of halogens is 13. The maximum absolute atomic E-state index is 12.6. The molecule has 1 saturated heterocycles. The fourth-order valence-electron chi connectivity index (χ4n) is 8.78. The molecule has 61 heteroatoms. The highest BCUT2D eigenvalue weighted by molar-refractivity contribution is 5.79. The number of hydrogen-bond acceptors (Lipinski definition) is 33. The summed E-state index contributed by atoms with van der Waals surface area (Å²) in [5.74, 6) is -10.3. The zero-order chi connectivity index (χ0) is 87.5. The van der Waals surface area contributed by atoms with Crippen LogP contribution >= 0.6 is 0 Å². The molecule has 1 fully saturated rings. The van der Waals surface area contributed by atoms with E-state index in [-0.39, 0.29) is 56.7 Å². The van der Waals surface area contributed by atoms with Crippen molar-refractivity contribution in [1.29, 1.82) is 0 Å². The van der Waals surface area contributed by atoms with Crippen LogP contribution < -0.4 is 0 Å². The summed E-state index contributed by atoms with van der Waals surface area (Å²) in [6, 6.07) is -0.793. The Morgan fingerprint density at radius 2 is 0.862 bits per heavy atom. The number of rotatable bonds is 35. The number of Topliss-reactive ketones (excluding diaryl/α,β-unsaturated/α-hetero) is 3. The Labute approximate surface area is 635 Å². The zero-order valence-electron chi connectivity index (χ0n) is 58.7. The van der Waals surface area contributed by atoms with E-state index in [4.69, 9.17) is 20.1 Å². The van der Waals surface area contributed by atoms with E-state index in [0.29, 0.717) is 5.69 Å². The second-order valence-electron chi connectivity index (χ2n) is 22.8. The van der Waals surface area contributed by atoms with E-state index in [1.165, 1.54) is 77.4 Å². The lowest BCUT2D eigenvalue weighted by molar-refractivity contribution is -0.398. The molecule has 1 aliphatic rings. The number of ketones is 3. The number of ether oxygens (including phenoxy) is 1. The highest BCUT2D eigenvalue weighted by Crippen LogP contribution is 2.39. The largest absolute Gasteiger partial charge is 0.453 e. The van der Waals surface area contributed by atoms with Crippen LogP contribution in [0.2, 0.25) is 0 Å². The van der Waals surface area contributed by atoms with Gasteiger partial charge in [-0.1, -0.05) is 40.1 Å². The lowest BCUT2D eigenvalue weighted by atomic mass is 10.1. The van der Waals surface area contributed by atoms with Crippen LogP contribution in [0.1, 0.15) is 56.5 Å². The van der Waals surface area contributed by atoms with Gasteiger partial charge in [0.05, 0.1) is 25.9 Å². The predicted octanol–water partition coefficient (Wildman–Crippen LogP) is 4.07. The molecule has 0 spiro atoms. The predicted molar refractivity (Wildman–Crippen MR) is 351 cm³/mol. The third-order valence-corrected chi connectivity index (χ3v) is 14.4. The maximum atomic E-state index is 12.6. The van der Waals surface area contributed by atoms with Crippen LogP contribution in [0.3, 0.4) is 0 Å². The highest BCUT2D eigenvalue weighted by atomic mass is 19.3. The monoisotopic (exact) mass is 1690 g/mol. The molecule has 0 bridgehead atoms. The average Bonchev–Trinajstić information content (AvgIpc) is 1.64. The summed E-state index contributed by atoms with van der Waals surface area (Å²) in [4.78, 5) is 126. The third kappa shape index (κ3) is 31.0. The Balaban J connectivity index is 0.000000351. The Morgan fingerprint density at radius 1 is 0.483 bits per heavy atom. The zero-order valence-corrected chi connectivity index (χ0v) is 58.7. The minimum Gasteiger partial charge on any atom is -0.394 e. The van der Waals surface area contributed by atoms with Crippen molar-refractivity contribution in [2.45, 2.75) is 145 Å². The summed E-state index contributed by atoms with van der Waals surface area (Å²) in [5.41, 5.74) is 0.410. The van der Waals surface area contributed by atoms with Gasteiger partial charge in [0.25, 0.3) is 0 Å². The van der Waals surface area contributed by atoms with Gasteiger partial charge in [0, 0.05) is 25.7 Å². The van der Waals surface area contributed by atoms with E-state index in [2.05, 4.69) is 45.2 Å². The third-order valence-electron chi connectivity index (χ3n) is 14.4. The second-order valence-corrected chi connectivity index (χ2v) is 22.8. The topological polar surface area (TPSA) is 639 Å². The average molecular weight is 1690 g/mol. The summed E-state index contributed by atoms with van der Waals surface area (Å²) in [6.45, 7) is -6.40. The van der Waals surface area contributed by atoms with Crippen molar-refractivity contribution < 1.29 is 141 Å². The van der Waals surface area contributed by atoms with E-state index in [1.807, 2.05) is 0 Å². The van der Waals surface area contributed by atoms with E-state index in [9.17, 15) is 158 Å². The molecule has 0 saturated carbocycles. The first-order valence-electron chi connectivity index (χ1n) is 31.9. The summed E-state index contributed by atoms with van der Waals surface area (Å²) >= 11 is 0. The maximum Gasteiger partial charge on any atom is 0.453 e. The molecule has 8 aromatic rings. The molecule has 8 atom stereocenters. The number of nitro groups is 7. The van der Waals surface area contributed by atoms with Gasteiger partial charge in [-0.05, 0) is 40.9 Å². The van der Waals surface area contributed by atoms with Crippen molar-refractivity contribution in [3.8, 4) is 0 Å². The number of carbonyl (C=O) groups excluding carboxylic acids is 3.